The van der Waals surface area contributed by atoms with Gasteiger partial charge in [0.1, 0.15) is 0 Å². The van der Waals surface area contributed by atoms with Crippen molar-refractivity contribution >= 4 is 5.97 Å². The second-order valence-electron chi connectivity index (χ2n) is 4.47. The van der Waals surface area contributed by atoms with Gasteiger partial charge in [0.15, 0.2) is 0 Å². The van der Waals surface area contributed by atoms with Crippen LogP contribution in [0.3, 0.4) is 0 Å². The molecule has 0 amide bonds. The third-order valence-electron chi connectivity index (χ3n) is 3.21. The SMILES string of the molecule is O=C(O)C(F)(F)CN1CCC2(CC2)C1. The van der Waals surface area contributed by atoms with E-state index in [1.54, 1.807) is 4.90 Å². The summed E-state index contributed by atoms with van der Waals surface area (Å²) in [4.78, 5) is 11.8. The summed E-state index contributed by atoms with van der Waals surface area (Å²) >= 11 is 0. The zero-order valence-electron chi connectivity index (χ0n) is 7.80. The van der Waals surface area contributed by atoms with Gasteiger partial charge in [-0.15, -0.1) is 0 Å². The number of carboxylic acids is 1. The monoisotopic (exact) mass is 205 g/mol. The van der Waals surface area contributed by atoms with Crippen LogP contribution < -0.4 is 0 Å². The average molecular weight is 205 g/mol. The molecule has 1 saturated carbocycles. The van der Waals surface area contributed by atoms with E-state index in [9.17, 15) is 13.6 Å². The van der Waals surface area contributed by atoms with E-state index in [-0.39, 0.29) is 5.41 Å². The zero-order valence-corrected chi connectivity index (χ0v) is 7.80. The first-order valence-corrected chi connectivity index (χ1v) is 4.77. The fraction of sp³-hybridized carbons (Fsp3) is 0.889. The van der Waals surface area contributed by atoms with Crippen LogP contribution >= 0.6 is 0 Å². The molecular formula is C9H13F2NO2. The van der Waals surface area contributed by atoms with Crippen molar-refractivity contribution in [3.8, 4) is 0 Å². The maximum absolute atomic E-state index is 12.8. The predicted octanol–water partition coefficient (Wildman–Crippen LogP) is 1.19. The summed E-state index contributed by atoms with van der Waals surface area (Å²) in [6.45, 7) is 0.628. The fourth-order valence-corrected chi connectivity index (χ4v) is 2.10. The molecule has 0 radical (unpaired) electrons. The van der Waals surface area contributed by atoms with Crippen LogP contribution in [0.4, 0.5) is 8.78 Å². The van der Waals surface area contributed by atoms with Gasteiger partial charge in [0, 0.05) is 6.54 Å². The normalized spacial score (nSPS) is 25.6. The molecule has 1 heterocycles. The van der Waals surface area contributed by atoms with Gasteiger partial charge in [0.2, 0.25) is 0 Å². The smallest absolute Gasteiger partial charge is 0.375 e. The van der Waals surface area contributed by atoms with Crippen LogP contribution in [-0.4, -0.2) is 41.5 Å². The van der Waals surface area contributed by atoms with Gasteiger partial charge in [0.25, 0.3) is 0 Å². The minimum Gasteiger partial charge on any atom is -0.477 e. The fourth-order valence-electron chi connectivity index (χ4n) is 2.10. The molecule has 1 saturated heterocycles. The lowest BCUT2D eigenvalue weighted by atomic mass is 10.1. The van der Waals surface area contributed by atoms with Gasteiger partial charge in [-0.1, -0.05) is 0 Å². The topological polar surface area (TPSA) is 40.5 Å². The molecule has 1 aliphatic heterocycles. The van der Waals surface area contributed by atoms with Crippen molar-refractivity contribution in [3.05, 3.63) is 0 Å². The van der Waals surface area contributed by atoms with Crippen LogP contribution in [0.5, 0.6) is 0 Å². The van der Waals surface area contributed by atoms with E-state index in [1.165, 1.54) is 0 Å². The third-order valence-corrected chi connectivity index (χ3v) is 3.21. The van der Waals surface area contributed by atoms with Gasteiger partial charge < -0.3 is 5.11 Å². The maximum atomic E-state index is 12.8. The van der Waals surface area contributed by atoms with E-state index in [4.69, 9.17) is 5.11 Å². The number of carbonyl (C=O) groups is 1. The highest BCUT2D eigenvalue weighted by Crippen LogP contribution is 2.52. The molecule has 3 nitrogen and oxygen atoms in total. The highest BCUT2D eigenvalue weighted by atomic mass is 19.3. The molecule has 0 unspecified atom stereocenters. The standard InChI is InChI=1S/C9H13F2NO2/c10-9(11,7(13)14)6-12-4-3-8(5-12)1-2-8/h1-6H2,(H,13,14). The zero-order chi connectivity index (χ0) is 10.4. The Bertz CT molecular complexity index is 264. The highest BCUT2D eigenvalue weighted by Gasteiger charge is 2.50. The summed E-state index contributed by atoms with van der Waals surface area (Å²) in [7, 11) is 0. The van der Waals surface area contributed by atoms with E-state index >= 15 is 0 Å². The number of carboxylic acid groups (broad SMARTS) is 1. The van der Waals surface area contributed by atoms with Crippen LogP contribution in [0, 0.1) is 5.41 Å². The minimum atomic E-state index is -3.60. The molecule has 0 aromatic heterocycles. The van der Waals surface area contributed by atoms with E-state index in [0.29, 0.717) is 13.1 Å². The molecule has 0 aromatic carbocycles. The first-order valence-electron chi connectivity index (χ1n) is 4.77. The summed E-state index contributed by atoms with van der Waals surface area (Å²) in [5.41, 5.74) is 0.272. The van der Waals surface area contributed by atoms with Crippen LogP contribution in [0.15, 0.2) is 0 Å². The van der Waals surface area contributed by atoms with E-state index in [2.05, 4.69) is 0 Å². The number of nitrogens with zero attached hydrogens (tertiary/aromatic N) is 1. The molecule has 1 N–H and O–H groups in total. The Balaban J connectivity index is 1.89. The van der Waals surface area contributed by atoms with E-state index in [0.717, 1.165) is 19.3 Å². The van der Waals surface area contributed by atoms with E-state index in [1.807, 2.05) is 0 Å². The Morgan fingerprint density at radius 2 is 2.07 bits per heavy atom. The summed E-state index contributed by atoms with van der Waals surface area (Å²) < 4.78 is 25.7. The molecule has 14 heavy (non-hydrogen) atoms. The lowest BCUT2D eigenvalue weighted by Crippen LogP contribution is -2.41. The number of halogens is 2. The van der Waals surface area contributed by atoms with Crippen molar-refractivity contribution in [1.29, 1.82) is 0 Å². The molecule has 0 aromatic rings. The Morgan fingerprint density at radius 1 is 1.43 bits per heavy atom. The van der Waals surface area contributed by atoms with Crippen molar-refractivity contribution < 1.29 is 18.7 Å². The molecule has 0 atom stereocenters. The molecular weight excluding hydrogens is 192 g/mol. The first kappa shape index (κ1) is 9.83. The largest absolute Gasteiger partial charge is 0.477 e. The number of aliphatic carboxylic acids is 1. The molecule has 1 spiro atoms. The number of rotatable bonds is 3. The van der Waals surface area contributed by atoms with Crippen LogP contribution in [0.1, 0.15) is 19.3 Å². The van der Waals surface area contributed by atoms with Crippen molar-refractivity contribution in [3.63, 3.8) is 0 Å². The lowest BCUT2D eigenvalue weighted by molar-refractivity contribution is -0.167. The Labute approximate surface area is 80.7 Å². The van der Waals surface area contributed by atoms with Crippen molar-refractivity contribution in [2.24, 2.45) is 5.41 Å². The van der Waals surface area contributed by atoms with Gasteiger partial charge in [-0.3, -0.25) is 4.90 Å². The number of alkyl halides is 2. The molecule has 0 bridgehead atoms. The highest BCUT2D eigenvalue weighted by molar-refractivity contribution is 5.75. The van der Waals surface area contributed by atoms with Crippen molar-refractivity contribution in [1.82, 2.24) is 4.90 Å². The van der Waals surface area contributed by atoms with Gasteiger partial charge in [-0.25, -0.2) is 4.79 Å². The third kappa shape index (κ3) is 1.73. The molecule has 2 rings (SSSR count). The Morgan fingerprint density at radius 3 is 2.50 bits per heavy atom. The van der Waals surface area contributed by atoms with Crippen molar-refractivity contribution in [2.45, 2.75) is 25.2 Å². The molecule has 80 valence electrons. The molecule has 1 aliphatic carbocycles. The van der Waals surface area contributed by atoms with Crippen molar-refractivity contribution in [2.75, 3.05) is 19.6 Å². The number of hydrogen-bond acceptors (Lipinski definition) is 2. The number of hydrogen-bond donors (Lipinski definition) is 1. The molecule has 5 heteroatoms. The first-order chi connectivity index (χ1) is 6.44. The van der Waals surface area contributed by atoms with Crippen LogP contribution in [0.25, 0.3) is 0 Å². The van der Waals surface area contributed by atoms with Gasteiger partial charge >= 0.3 is 11.9 Å². The predicted molar refractivity (Wildman–Crippen MR) is 45.3 cm³/mol. The van der Waals surface area contributed by atoms with Gasteiger partial charge in [0.05, 0.1) is 6.54 Å². The number of likely N-dealkylation sites (tertiary alicyclic amines) is 1. The minimum absolute atomic E-state index is 0.272. The summed E-state index contributed by atoms with van der Waals surface area (Å²) in [6, 6.07) is 0. The Kier molecular flexibility index (Phi) is 2.03. The summed E-state index contributed by atoms with van der Waals surface area (Å²) in [5, 5.41) is 8.27. The van der Waals surface area contributed by atoms with Crippen LogP contribution in [-0.2, 0) is 4.79 Å². The second-order valence-corrected chi connectivity index (χ2v) is 4.47. The Hall–Kier alpha value is -0.710. The molecule has 2 aliphatic rings. The van der Waals surface area contributed by atoms with Gasteiger partial charge in [-0.05, 0) is 31.2 Å². The van der Waals surface area contributed by atoms with Gasteiger partial charge in [-0.2, -0.15) is 8.78 Å². The summed E-state index contributed by atoms with van der Waals surface area (Å²) in [6.07, 6.45) is 3.17. The van der Waals surface area contributed by atoms with E-state index < -0.39 is 18.4 Å². The second kappa shape index (κ2) is 2.89. The quantitative estimate of drug-likeness (QED) is 0.752. The average Bonchev–Trinajstić information content (AvgIpc) is 2.68. The lowest BCUT2D eigenvalue weighted by Gasteiger charge is -2.20. The molecule has 2 fully saturated rings. The van der Waals surface area contributed by atoms with Crippen LogP contribution in [0.2, 0.25) is 0 Å². The maximum Gasteiger partial charge on any atom is 0.375 e. The summed E-state index contributed by atoms with van der Waals surface area (Å²) in [5.74, 6) is -5.62.